The minimum absolute atomic E-state index is 0.0639. The van der Waals surface area contributed by atoms with Crippen molar-refractivity contribution in [1.82, 2.24) is 0 Å². The predicted octanol–water partition coefficient (Wildman–Crippen LogP) is 2.05. The molecule has 11 heavy (non-hydrogen) atoms. The van der Waals surface area contributed by atoms with E-state index in [4.69, 9.17) is 4.74 Å². The molecule has 0 aromatic rings. The maximum Gasteiger partial charge on any atom is 0.306 e. The highest BCUT2D eigenvalue weighted by Crippen LogP contribution is 2.13. The van der Waals surface area contributed by atoms with Gasteiger partial charge in [0.2, 0.25) is 0 Å². The maximum atomic E-state index is 10.9. The Balaban J connectivity index is 2.19. The van der Waals surface area contributed by atoms with Gasteiger partial charge in [-0.05, 0) is 25.3 Å². The second-order valence-electron chi connectivity index (χ2n) is 2.78. The van der Waals surface area contributed by atoms with E-state index >= 15 is 0 Å². The third-order valence-electron chi connectivity index (χ3n) is 1.71. The van der Waals surface area contributed by atoms with Crippen LogP contribution in [0.3, 0.4) is 0 Å². The van der Waals surface area contributed by atoms with Gasteiger partial charge >= 0.3 is 5.97 Å². The first kappa shape index (κ1) is 8.31. The van der Waals surface area contributed by atoms with Gasteiger partial charge in [-0.15, -0.1) is 0 Å². The number of esters is 1. The molecule has 0 bridgehead atoms. The zero-order chi connectivity index (χ0) is 8.10. The second-order valence-corrected chi connectivity index (χ2v) is 2.78. The zero-order valence-electron chi connectivity index (χ0n) is 6.88. The number of carbonyl (C=O) groups excluding carboxylic acids is 1. The van der Waals surface area contributed by atoms with Crippen LogP contribution in [-0.2, 0) is 9.53 Å². The highest BCUT2D eigenvalue weighted by atomic mass is 16.5. The highest BCUT2D eigenvalue weighted by molar-refractivity contribution is 5.69. The zero-order valence-corrected chi connectivity index (χ0v) is 6.88. The maximum absolute atomic E-state index is 10.9. The van der Waals surface area contributed by atoms with Gasteiger partial charge in [0.1, 0.15) is 6.10 Å². The van der Waals surface area contributed by atoms with Crippen LogP contribution in [-0.4, -0.2) is 12.1 Å². The highest BCUT2D eigenvalue weighted by Gasteiger charge is 2.12. The first-order valence-electron chi connectivity index (χ1n) is 4.19. The molecule has 0 aromatic carbocycles. The van der Waals surface area contributed by atoms with Crippen molar-refractivity contribution in [3.63, 3.8) is 0 Å². The Morgan fingerprint density at radius 3 is 3.09 bits per heavy atom. The van der Waals surface area contributed by atoms with Crippen LogP contribution in [0.5, 0.6) is 0 Å². The average molecular weight is 154 g/mol. The van der Waals surface area contributed by atoms with Crippen molar-refractivity contribution in [3.05, 3.63) is 12.2 Å². The van der Waals surface area contributed by atoms with Crippen LogP contribution >= 0.6 is 0 Å². The molecule has 2 heteroatoms. The molecule has 0 spiro atoms. The van der Waals surface area contributed by atoms with E-state index in [2.05, 4.69) is 6.08 Å². The summed E-state index contributed by atoms with van der Waals surface area (Å²) >= 11 is 0. The van der Waals surface area contributed by atoms with Crippen LogP contribution in [0.25, 0.3) is 0 Å². The standard InChI is InChI=1S/C9H14O2/c1-2-5-9(10)11-8-6-3-4-7-8/h3,6,8H,2,4-5,7H2,1H3. The quantitative estimate of drug-likeness (QED) is 0.459. The van der Waals surface area contributed by atoms with Crippen molar-refractivity contribution < 1.29 is 9.53 Å². The predicted molar refractivity (Wildman–Crippen MR) is 43.2 cm³/mol. The smallest absolute Gasteiger partial charge is 0.306 e. The molecular weight excluding hydrogens is 140 g/mol. The molecule has 0 aliphatic heterocycles. The van der Waals surface area contributed by atoms with Crippen LogP contribution in [0.2, 0.25) is 0 Å². The lowest BCUT2D eigenvalue weighted by Crippen LogP contribution is -2.12. The van der Waals surface area contributed by atoms with Crippen molar-refractivity contribution in [2.24, 2.45) is 0 Å². The van der Waals surface area contributed by atoms with Gasteiger partial charge in [-0.25, -0.2) is 0 Å². The molecule has 1 aliphatic carbocycles. The van der Waals surface area contributed by atoms with Gasteiger partial charge in [-0.2, -0.15) is 0 Å². The lowest BCUT2D eigenvalue weighted by molar-refractivity contribution is -0.146. The fourth-order valence-electron chi connectivity index (χ4n) is 1.13. The third kappa shape index (κ3) is 2.74. The molecular formula is C9H14O2. The van der Waals surface area contributed by atoms with E-state index in [-0.39, 0.29) is 12.1 Å². The van der Waals surface area contributed by atoms with Gasteiger partial charge in [-0.3, -0.25) is 4.79 Å². The first-order chi connectivity index (χ1) is 5.33. The molecule has 0 saturated carbocycles. The summed E-state index contributed by atoms with van der Waals surface area (Å²) in [4.78, 5) is 10.9. The van der Waals surface area contributed by atoms with Crippen molar-refractivity contribution >= 4 is 5.97 Å². The van der Waals surface area contributed by atoms with Gasteiger partial charge < -0.3 is 4.74 Å². The number of ether oxygens (including phenoxy) is 1. The second kappa shape index (κ2) is 4.16. The minimum Gasteiger partial charge on any atom is -0.458 e. The van der Waals surface area contributed by atoms with E-state index in [0.717, 1.165) is 19.3 Å². The van der Waals surface area contributed by atoms with Crippen molar-refractivity contribution in [3.8, 4) is 0 Å². The molecule has 1 unspecified atom stereocenters. The molecule has 0 fully saturated rings. The van der Waals surface area contributed by atoms with Crippen LogP contribution in [0, 0.1) is 0 Å². The molecule has 0 saturated heterocycles. The Morgan fingerprint density at radius 1 is 1.73 bits per heavy atom. The van der Waals surface area contributed by atoms with Gasteiger partial charge in [0.15, 0.2) is 0 Å². The van der Waals surface area contributed by atoms with Gasteiger partial charge in [0, 0.05) is 6.42 Å². The number of hydrogen-bond acceptors (Lipinski definition) is 2. The summed E-state index contributed by atoms with van der Waals surface area (Å²) in [5, 5.41) is 0. The summed E-state index contributed by atoms with van der Waals surface area (Å²) < 4.78 is 5.13. The Hall–Kier alpha value is -0.790. The fraction of sp³-hybridized carbons (Fsp3) is 0.667. The average Bonchev–Trinajstić information content (AvgIpc) is 2.40. The Bertz CT molecular complexity index is 161. The molecule has 1 rings (SSSR count). The van der Waals surface area contributed by atoms with E-state index in [0.29, 0.717) is 6.42 Å². The normalized spacial score (nSPS) is 22.1. The van der Waals surface area contributed by atoms with Crippen LogP contribution in [0.4, 0.5) is 0 Å². The van der Waals surface area contributed by atoms with Crippen molar-refractivity contribution in [1.29, 1.82) is 0 Å². The van der Waals surface area contributed by atoms with Crippen LogP contribution < -0.4 is 0 Å². The monoisotopic (exact) mass is 154 g/mol. The lowest BCUT2D eigenvalue weighted by atomic mass is 10.3. The summed E-state index contributed by atoms with van der Waals surface area (Å²) in [5.41, 5.74) is 0. The number of carbonyl (C=O) groups is 1. The summed E-state index contributed by atoms with van der Waals surface area (Å²) in [6.07, 6.45) is 7.52. The van der Waals surface area contributed by atoms with Crippen LogP contribution in [0.1, 0.15) is 32.6 Å². The van der Waals surface area contributed by atoms with E-state index in [9.17, 15) is 4.79 Å². The van der Waals surface area contributed by atoms with Crippen molar-refractivity contribution in [2.45, 2.75) is 38.7 Å². The topological polar surface area (TPSA) is 26.3 Å². The van der Waals surface area contributed by atoms with E-state index in [1.165, 1.54) is 0 Å². The number of rotatable bonds is 3. The van der Waals surface area contributed by atoms with Crippen LogP contribution in [0.15, 0.2) is 12.2 Å². The fourth-order valence-corrected chi connectivity index (χ4v) is 1.13. The molecule has 0 amide bonds. The summed E-state index contributed by atoms with van der Waals surface area (Å²) in [6.45, 7) is 1.98. The molecule has 0 N–H and O–H groups in total. The summed E-state index contributed by atoms with van der Waals surface area (Å²) in [6, 6.07) is 0. The molecule has 62 valence electrons. The lowest BCUT2D eigenvalue weighted by Gasteiger charge is -2.08. The number of allylic oxidation sites excluding steroid dienone is 1. The Labute approximate surface area is 67.2 Å². The number of hydrogen-bond donors (Lipinski definition) is 0. The Kier molecular flexibility index (Phi) is 3.14. The first-order valence-corrected chi connectivity index (χ1v) is 4.19. The third-order valence-corrected chi connectivity index (χ3v) is 1.71. The van der Waals surface area contributed by atoms with Gasteiger partial charge in [0.25, 0.3) is 0 Å². The molecule has 2 nitrogen and oxygen atoms in total. The minimum atomic E-state index is -0.0657. The molecule has 0 aromatic heterocycles. The van der Waals surface area contributed by atoms with Gasteiger partial charge in [0.05, 0.1) is 0 Å². The SMILES string of the molecule is CCCC(=O)OC1C=CCC1. The summed E-state index contributed by atoms with van der Waals surface area (Å²) in [7, 11) is 0. The summed E-state index contributed by atoms with van der Waals surface area (Å²) in [5.74, 6) is -0.0657. The molecule has 1 aliphatic rings. The molecule has 0 heterocycles. The van der Waals surface area contributed by atoms with E-state index in [1.807, 2.05) is 13.0 Å². The molecule has 1 atom stereocenters. The Morgan fingerprint density at radius 2 is 2.55 bits per heavy atom. The molecule has 0 radical (unpaired) electrons. The van der Waals surface area contributed by atoms with Gasteiger partial charge in [-0.1, -0.05) is 13.0 Å². The van der Waals surface area contributed by atoms with E-state index < -0.39 is 0 Å². The largest absolute Gasteiger partial charge is 0.458 e. The van der Waals surface area contributed by atoms with Crippen molar-refractivity contribution in [2.75, 3.05) is 0 Å². The van der Waals surface area contributed by atoms with E-state index in [1.54, 1.807) is 0 Å².